The third-order valence-corrected chi connectivity index (χ3v) is 2.24. The Kier molecular flexibility index (Phi) is 7.29. The summed E-state index contributed by atoms with van der Waals surface area (Å²) in [5.74, 6) is 0.586. The number of nitrogens with two attached hydrogens (primary N) is 2. The number of rotatable bonds is 7. The van der Waals surface area contributed by atoms with Gasteiger partial charge in [-0.1, -0.05) is 0 Å². The third-order valence-electron chi connectivity index (χ3n) is 2.24. The highest BCUT2D eigenvalue weighted by atomic mass is 16.3. The van der Waals surface area contributed by atoms with Crippen LogP contribution in [-0.2, 0) is 0 Å². The van der Waals surface area contributed by atoms with Crippen molar-refractivity contribution in [2.24, 2.45) is 16.5 Å². The van der Waals surface area contributed by atoms with Crippen LogP contribution in [0.1, 0.15) is 33.1 Å². The van der Waals surface area contributed by atoms with Gasteiger partial charge >= 0.3 is 0 Å². The first-order valence-corrected chi connectivity index (χ1v) is 5.33. The maximum absolute atomic E-state index is 9.42. The molecule has 0 aromatic carbocycles. The summed E-state index contributed by atoms with van der Waals surface area (Å²) in [4.78, 5) is 4.04. The van der Waals surface area contributed by atoms with Crippen LogP contribution in [0.15, 0.2) is 4.99 Å². The maximum atomic E-state index is 9.42. The zero-order valence-corrected chi connectivity index (χ0v) is 9.56. The molecule has 90 valence electrons. The van der Waals surface area contributed by atoms with Crippen molar-refractivity contribution < 1.29 is 10.2 Å². The molecule has 0 unspecified atom stereocenters. The van der Waals surface area contributed by atoms with Crippen molar-refractivity contribution in [1.82, 2.24) is 0 Å². The second kappa shape index (κ2) is 7.62. The van der Waals surface area contributed by atoms with E-state index in [2.05, 4.69) is 4.99 Å². The van der Waals surface area contributed by atoms with E-state index in [9.17, 15) is 5.11 Å². The van der Waals surface area contributed by atoms with Crippen molar-refractivity contribution in [1.29, 1.82) is 0 Å². The van der Waals surface area contributed by atoms with Gasteiger partial charge in [-0.25, -0.2) is 0 Å². The fourth-order valence-electron chi connectivity index (χ4n) is 1.28. The van der Waals surface area contributed by atoms with Gasteiger partial charge in [-0.05, 0) is 33.1 Å². The molecule has 0 aromatic heterocycles. The lowest BCUT2D eigenvalue weighted by Gasteiger charge is -2.20. The van der Waals surface area contributed by atoms with Crippen molar-refractivity contribution in [2.75, 3.05) is 6.54 Å². The molecule has 0 radical (unpaired) electrons. The molecular formula is C10H23N3O2. The lowest BCUT2D eigenvalue weighted by molar-refractivity contribution is 0.0131. The largest absolute Gasteiger partial charge is 0.391 e. The van der Waals surface area contributed by atoms with E-state index in [0.717, 1.165) is 12.8 Å². The average Bonchev–Trinajstić information content (AvgIpc) is 2.15. The summed E-state index contributed by atoms with van der Waals surface area (Å²) in [5.41, 5.74) is 11.1. The molecule has 0 heterocycles. The van der Waals surface area contributed by atoms with Crippen LogP contribution < -0.4 is 11.5 Å². The lowest BCUT2D eigenvalue weighted by atomic mass is 10.0. The first-order chi connectivity index (χ1) is 6.95. The molecule has 15 heavy (non-hydrogen) atoms. The van der Waals surface area contributed by atoms with Gasteiger partial charge in [-0.15, -0.1) is 0 Å². The zero-order chi connectivity index (χ0) is 11.8. The fraction of sp³-hybridized carbons (Fsp3) is 0.900. The number of hydrogen-bond acceptors (Lipinski definition) is 4. The monoisotopic (exact) mass is 217 g/mol. The van der Waals surface area contributed by atoms with Crippen molar-refractivity contribution >= 4 is 5.84 Å². The van der Waals surface area contributed by atoms with Gasteiger partial charge in [0, 0.05) is 12.6 Å². The Morgan fingerprint density at radius 1 is 1.33 bits per heavy atom. The zero-order valence-electron chi connectivity index (χ0n) is 9.56. The predicted octanol–water partition coefficient (Wildman–Crippen LogP) is -0.397. The van der Waals surface area contributed by atoms with Gasteiger partial charge < -0.3 is 21.7 Å². The predicted molar refractivity (Wildman–Crippen MR) is 61.7 cm³/mol. The van der Waals surface area contributed by atoms with E-state index in [1.54, 1.807) is 6.92 Å². The highest BCUT2D eigenvalue weighted by molar-refractivity contribution is 5.77. The van der Waals surface area contributed by atoms with E-state index < -0.39 is 12.2 Å². The molecule has 0 bridgehead atoms. The molecular weight excluding hydrogens is 194 g/mol. The van der Waals surface area contributed by atoms with Gasteiger partial charge in [-0.2, -0.15) is 0 Å². The van der Waals surface area contributed by atoms with E-state index in [-0.39, 0.29) is 6.04 Å². The fourth-order valence-corrected chi connectivity index (χ4v) is 1.28. The molecule has 0 fully saturated rings. The van der Waals surface area contributed by atoms with Gasteiger partial charge in [0.25, 0.3) is 0 Å². The summed E-state index contributed by atoms with van der Waals surface area (Å²) in [6, 6.07) is -0.368. The van der Waals surface area contributed by atoms with Crippen LogP contribution in [0.3, 0.4) is 0 Å². The van der Waals surface area contributed by atoms with Gasteiger partial charge in [-0.3, -0.25) is 4.99 Å². The molecule has 0 amide bonds. The van der Waals surface area contributed by atoms with Crippen LogP contribution in [0.25, 0.3) is 0 Å². The first kappa shape index (κ1) is 14.3. The van der Waals surface area contributed by atoms with Crippen molar-refractivity contribution in [3.63, 3.8) is 0 Å². The van der Waals surface area contributed by atoms with Crippen molar-refractivity contribution in [2.45, 2.75) is 51.4 Å². The SMILES string of the molecule is CC(N)=NCCCC[C@H](N)[C@@H](O)[C@@H](C)O. The number of nitrogens with zero attached hydrogens (tertiary/aromatic N) is 1. The van der Waals surface area contributed by atoms with E-state index in [1.807, 2.05) is 0 Å². The van der Waals surface area contributed by atoms with Crippen LogP contribution >= 0.6 is 0 Å². The summed E-state index contributed by atoms with van der Waals surface area (Å²) >= 11 is 0. The summed E-state index contributed by atoms with van der Waals surface area (Å²) < 4.78 is 0. The Morgan fingerprint density at radius 3 is 2.40 bits per heavy atom. The summed E-state index contributed by atoms with van der Waals surface area (Å²) in [7, 11) is 0. The van der Waals surface area contributed by atoms with E-state index in [0.29, 0.717) is 18.8 Å². The lowest BCUT2D eigenvalue weighted by Crippen LogP contribution is -2.41. The van der Waals surface area contributed by atoms with Gasteiger partial charge in [0.2, 0.25) is 0 Å². The summed E-state index contributed by atoms with van der Waals surface area (Å²) in [6.45, 7) is 3.98. The van der Waals surface area contributed by atoms with E-state index in [4.69, 9.17) is 16.6 Å². The molecule has 0 saturated heterocycles. The molecule has 0 rings (SSSR count). The Morgan fingerprint density at radius 2 is 1.93 bits per heavy atom. The van der Waals surface area contributed by atoms with Crippen LogP contribution in [0.2, 0.25) is 0 Å². The Hall–Kier alpha value is -0.650. The minimum atomic E-state index is -0.843. The Bertz CT molecular complexity index is 191. The first-order valence-electron chi connectivity index (χ1n) is 5.33. The number of aliphatic hydroxyl groups excluding tert-OH is 2. The maximum Gasteiger partial charge on any atom is 0.0946 e. The molecule has 6 N–H and O–H groups in total. The number of amidine groups is 1. The molecule has 5 heteroatoms. The minimum Gasteiger partial charge on any atom is -0.391 e. The van der Waals surface area contributed by atoms with Gasteiger partial charge in [0.05, 0.1) is 18.0 Å². The van der Waals surface area contributed by atoms with Crippen LogP contribution in [-0.4, -0.2) is 40.8 Å². The molecule has 0 aliphatic carbocycles. The van der Waals surface area contributed by atoms with Crippen LogP contribution in [0, 0.1) is 0 Å². The molecule has 0 saturated carbocycles. The normalized spacial score (nSPS) is 18.6. The molecule has 3 atom stereocenters. The number of aliphatic hydroxyl groups is 2. The minimum absolute atomic E-state index is 0.368. The summed E-state index contributed by atoms with van der Waals surface area (Å²) in [6.07, 6.45) is 0.843. The molecule has 5 nitrogen and oxygen atoms in total. The Labute approximate surface area is 91.2 Å². The van der Waals surface area contributed by atoms with Crippen LogP contribution in [0.5, 0.6) is 0 Å². The van der Waals surface area contributed by atoms with E-state index in [1.165, 1.54) is 6.92 Å². The highest BCUT2D eigenvalue weighted by Crippen LogP contribution is 2.06. The highest BCUT2D eigenvalue weighted by Gasteiger charge is 2.18. The molecule has 0 spiro atoms. The van der Waals surface area contributed by atoms with Crippen molar-refractivity contribution in [3.8, 4) is 0 Å². The topological polar surface area (TPSA) is 105 Å². The summed E-state index contributed by atoms with van der Waals surface area (Å²) in [5, 5.41) is 18.5. The van der Waals surface area contributed by atoms with Gasteiger partial charge in [0.1, 0.15) is 0 Å². The average molecular weight is 217 g/mol. The quantitative estimate of drug-likeness (QED) is 0.264. The van der Waals surface area contributed by atoms with Crippen molar-refractivity contribution in [3.05, 3.63) is 0 Å². The molecule has 0 aliphatic rings. The standard InChI is InChI=1S/C10H23N3O2/c1-7(14)10(15)9(12)5-3-4-6-13-8(2)11/h7,9-10,14-15H,3-6,12H2,1-2H3,(H2,11,13)/t7-,9+,10+/m1/s1. The molecule has 0 aromatic rings. The van der Waals surface area contributed by atoms with Crippen LogP contribution in [0.4, 0.5) is 0 Å². The Balaban J connectivity index is 3.55. The number of unbranched alkanes of at least 4 members (excludes halogenated alkanes) is 1. The van der Waals surface area contributed by atoms with E-state index >= 15 is 0 Å². The number of hydrogen-bond donors (Lipinski definition) is 4. The second-order valence-electron chi connectivity index (χ2n) is 3.91. The smallest absolute Gasteiger partial charge is 0.0946 e. The third kappa shape index (κ3) is 7.30. The molecule has 0 aliphatic heterocycles. The van der Waals surface area contributed by atoms with Gasteiger partial charge in [0.15, 0.2) is 0 Å². The number of aliphatic imine (C=N–C) groups is 1. The second-order valence-corrected chi connectivity index (χ2v) is 3.91.